The predicted molar refractivity (Wildman–Crippen MR) is 82.4 cm³/mol. The number of halogens is 1. The fraction of sp³-hybridized carbons (Fsp3) is 0.714. The van der Waals surface area contributed by atoms with Crippen LogP contribution in [0.25, 0.3) is 0 Å². The lowest BCUT2D eigenvalue weighted by molar-refractivity contribution is 0.399. The minimum atomic E-state index is -0.209. The summed E-state index contributed by atoms with van der Waals surface area (Å²) in [4.78, 5) is 14.4. The molecule has 0 aromatic carbocycles. The third-order valence-corrected chi connectivity index (χ3v) is 4.33. The van der Waals surface area contributed by atoms with Gasteiger partial charge in [0.1, 0.15) is 5.02 Å². The van der Waals surface area contributed by atoms with Gasteiger partial charge in [-0.2, -0.15) is 5.10 Å². The smallest absolute Gasteiger partial charge is 0.287 e. The number of hydrogen-bond donors (Lipinski definition) is 1. The Morgan fingerprint density at radius 2 is 2.25 bits per heavy atom. The van der Waals surface area contributed by atoms with Gasteiger partial charge in [0.25, 0.3) is 5.56 Å². The van der Waals surface area contributed by atoms with E-state index in [9.17, 15) is 4.79 Å². The van der Waals surface area contributed by atoms with E-state index in [1.54, 1.807) is 6.20 Å². The molecule has 1 aromatic rings. The summed E-state index contributed by atoms with van der Waals surface area (Å²) in [6.45, 7) is 5.32. The zero-order valence-electron chi connectivity index (χ0n) is 12.2. The Balaban J connectivity index is 2.40. The maximum absolute atomic E-state index is 12.2. The van der Waals surface area contributed by atoms with Crippen LogP contribution >= 0.6 is 11.6 Å². The first kappa shape index (κ1) is 15.3. The second kappa shape index (κ2) is 6.59. The molecule has 1 aliphatic rings. The van der Waals surface area contributed by atoms with Crippen molar-refractivity contribution in [2.45, 2.75) is 58.2 Å². The molecule has 5 nitrogen and oxygen atoms in total. The molecular formula is C14H23ClN4O. The summed E-state index contributed by atoms with van der Waals surface area (Å²) in [5, 5.41) is 4.51. The standard InChI is InChI=1S/C14H23ClN4O/c1-3-7-18-14(20)13(15)12(9-17-18)19-10(2)5-4-6-11(19)8-16/h9-11H,3-8,16H2,1-2H3. The number of rotatable bonds is 4. The summed E-state index contributed by atoms with van der Waals surface area (Å²) in [5.41, 5.74) is 6.39. The summed E-state index contributed by atoms with van der Waals surface area (Å²) < 4.78 is 1.43. The van der Waals surface area contributed by atoms with E-state index >= 15 is 0 Å². The number of anilines is 1. The molecule has 112 valence electrons. The van der Waals surface area contributed by atoms with Gasteiger partial charge in [0.15, 0.2) is 0 Å². The van der Waals surface area contributed by atoms with Crippen LogP contribution in [0.15, 0.2) is 11.0 Å². The molecule has 0 spiro atoms. The Labute approximate surface area is 124 Å². The van der Waals surface area contributed by atoms with Gasteiger partial charge >= 0.3 is 0 Å². The van der Waals surface area contributed by atoms with Gasteiger partial charge in [0.2, 0.25) is 0 Å². The molecule has 20 heavy (non-hydrogen) atoms. The Morgan fingerprint density at radius 3 is 2.90 bits per heavy atom. The molecular weight excluding hydrogens is 276 g/mol. The third-order valence-electron chi connectivity index (χ3n) is 3.98. The Bertz CT molecular complexity index is 516. The second-order valence-corrected chi connectivity index (χ2v) is 5.83. The highest BCUT2D eigenvalue weighted by molar-refractivity contribution is 6.33. The predicted octanol–water partition coefficient (Wildman–Crippen LogP) is 2.01. The molecule has 0 aliphatic carbocycles. The molecule has 1 aliphatic heterocycles. The molecule has 0 bridgehead atoms. The summed E-state index contributed by atoms with van der Waals surface area (Å²) >= 11 is 6.30. The van der Waals surface area contributed by atoms with Crippen molar-refractivity contribution >= 4 is 17.3 Å². The van der Waals surface area contributed by atoms with E-state index in [1.165, 1.54) is 4.68 Å². The van der Waals surface area contributed by atoms with Crippen LogP contribution in [0.2, 0.25) is 5.02 Å². The summed E-state index contributed by atoms with van der Waals surface area (Å²) in [6, 6.07) is 0.567. The molecule has 2 heterocycles. The molecule has 2 unspecified atom stereocenters. The largest absolute Gasteiger partial charge is 0.362 e. The van der Waals surface area contributed by atoms with E-state index in [0.717, 1.165) is 31.4 Å². The Kier molecular flexibility index (Phi) is 5.05. The van der Waals surface area contributed by atoms with Crippen molar-refractivity contribution < 1.29 is 0 Å². The summed E-state index contributed by atoms with van der Waals surface area (Å²) in [5.74, 6) is 0. The van der Waals surface area contributed by atoms with Gasteiger partial charge in [-0.1, -0.05) is 18.5 Å². The average molecular weight is 299 g/mol. The first-order chi connectivity index (χ1) is 9.60. The highest BCUT2D eigenvalue weighted by Gasteiger charge is 2.29. The monoisotopic (exact) mass is 298 g/mol. The van der Waals surface area contributed by atoms with E-state index in [2.05, 4.69) is 16.9 Å². The molecule has 0 radical (unpaired) electrons. The number of aryl methyl sites for hydroxylation is 1. The average Bonchev–Trinajstić information content (AvgIpc) is 2.45. The second-order valence-electron chi connectivity index (χ2n) is 5.45. The van der Waals surface area contributed by atoms with Crippen LogP contribution in [0, 0.1) is 0 Å². The summed E-state index contributed by atoms with van der Waals surface area (Å²) in [6.07, 6.45) is 5.86. The van der Waals surface area contributed by atoms with Gasteiger partial charge in [-0.15, -0.1) is 0 Å². The van der Waals surface area contributed by atoms with Crippen molar-refractivity contribution in [2.24, 2.45) is 5.73 Å². The van der Waals surface area contributed by atoms with Gasteiger partial charge < -0.3 is 10.6 Å². The number of nitrogens with two attached hydrogens (primary N) is 1. The first-order valence-corrected chi connectivity index (χ1v) is 7.72. The molecule has 0 amide bonds. The normalized spacial score (nSPS) is 23.1. The maximum Gasteiger partial charge on any atom is 0.287 e. The van der Waals surface area contributed by atoms with Gasteiger partial charge in [0, 0.05) is 25.2 Å². The number of aromatic nitrogens is 2. The molecule has 1 fully saturated rings. The van der Waals surface area contributed by atoms with Crippen LogP contribution in [0.1, 0.15) is 39.5 Å². The van der Waals surface area contributed by atoms with Gasteiger partial charge in [-0.05, 0) is 32.6 Å². The SMILES string of the molecule is CCCn1ncc(N2C(C)CCCC2CN)c(Cl)c1=O. The number of hydrogen-bond acceptors (Lipinski definition) is 4. The zero-order valence-corrected chi connectivity index (χ0v) is 12.9. The van der Waals surface area contributed by atoms with E-state index in [1.807, 2.05) is 6.92 Å². The Hall–Kier alpha value is -1.07. The van der Waals surface area contributed by atoms with Crippen molar-refractivity contribution in [1.29, 1.82) is 0 Å². The molecule has 1 saturated heterocycles. The van der Waals surface area contributed by atoms with Crippen LogP contribution in [-0.4, -0.2) is 28.4 Å². The maximum atomic E-state index is 12.2. The van der Waals surface area contributed by atoms with Gasteiger partial charge in [-0.25, -0.2) is 4.68 Å². The van der Waals surface area contributed by atoms with Crippen molar-refractivity contribution in [3.8, 4) is 0 Å². The van der Waals surface area contributed by atoms with Crippen LogP contribution in [-0.2, 0) is 6.54 Å². The first-order valence-electron chi connectivity index (χ1n) is 7.34. The highest BCUT2D eigenvalue weighted by atomic mass is 35.5. The van der Waals surface area contributed by atoms with Crippen molar-refractivity contribution in [3.05, 3.63) is 21.6 Å². The lowest BCUT2D eigenvalue weighted by Gasteiger charge is -2.42. The highest BCUT2D eigenvalue weighted by Crippen LogP contribution is 2.31. The molecule has 2 atom stereocenters. The fourth-order valence-corrected chi connectivity index (χ4v) is 3.20. The minimum absolute atomic E-state index is 0.209. The van der Waals surface area contributed by atoms with Crippen LogP contribution < -0.4 is 16.2 Å². The summed E-state index contributed by atoms with van der Waals surface area (Å²) in [7, 11) is 0. The van der Waals surface area contributed by atoms with E-state index in [4.69, 9.17) is 17.3 Å². The van der Waals surface area contributed by atoms with E-state index < -0.39 is 0 Å². The quantitative estimate of drug-likeness (QED) is 0.923. The Morgan fingerprint density at radius 1 is 1.50 bits per heavy atom. The van der Waals surface area contributed by atoms with Crippen molar-refractivity contribution in [2.75, 3.05) is 11.4 Å². The lowest BCUT2D eigenvalue weighted by Crippen LogP contribution is -2.49. The lowest BCUT2D eigenvalue weighted by atomic mass is 9.96. The molecule has 2 rings (SSSR count). The van der Waals surface area contributed by atoms with E-state index in [0.29, 0.717) is 19.1 Å². The number of nitrogens with zero attached hydrogens (tertiary/aromatic N) is 3. The van der Waals surface area contributed by atoms with E-state index in [-0.39, 0.29) is 16.6 Å². The molecule has 6 heteroatoms. The topological polar surface area (TPSA) is 64.2 Å². The van der Waals surface area contributed by atoms with Crippen LogP contribution in [0.4, 0.5) is 5.69 Å². The molecule has 2 N–H and O–H groups in total. The van der Waals surface area contributed by atoms with Crippen molar-refractivity contribution in [3.63, 3.8) is 0 Å². The molecule has 1 aromatic heterocycles. The minimum Gasteiger partial charge on any atom is -0.362 e. The van der Waals surface area contributed by atoms with Crippen LogP contribution in [0.5, 0.6) is 0 Å². The van der Waals surface area contributed by atoms with Crippen LogP contribution in [0.3, 0.4) is 0 Å². The molecule has 0 saturated carbocycles. The fourth-order valence-electron chi connectivity index (χ4n) is 2.96. The van der Waals surface area contributed by atoms with Gasteiger partial charge in [-0.3, -0.25) is 4.79 Å². The number of piperidine rings is 1. The van der Waals surface area contributed by atoms with Gasteiger partial charge in [0.05, 0.1) is 11.9 Å². The zero-order chi connectivity index (χ0) is 14.7. The van der Waals surface area contributed by atoms with Crippen molar-refractivity contribution in [1.82, 2.24) is 9.78 Å². The third kappa shape index (κ3) is 2.83.